The molecule has 0 fully saturated rings. The summed E-state index contributed by atoms with van der Waals surface area (Å²) in [5.41, 5.74) is 1.82. The van der Waals surface area contributed by atoms with Crippen molar-refractivity contribution in [1.82, 2.24) is 9.97 Å². The van der Waals surface area contributed by atoms with Crippen molar-refractivity contribution in [2.24, 2.45) is 0 Å². The molecule has 0 saturated heterocycles. The predicted octanol–water partition coefficient (Wildman–Crippen LogP) is 2.94. The van der Waals surface area contributed by atoms with Gasteiger partial charge in [-0.3, -0.25) is 10.1 Å². The molecule has 138 valence electrons. The van der Waals surface area contributed by atoms with Gasteiger partial charge in [-0.2, -0.15) is 10.5 Å². The molecule has 0 unspecified atom stereocenters. The molecule has 2 rings (SSSR count). The van der Waals surface area contributed by atoms with Crippen LogP contribution in [0.1, 0.15) is 24.0 Å². The highest BCUT2D eigenvalue weighted by molar-refractivity contribution is 5.70. The number of nitrogens with one attached hydrogen (secondary N) is 1. The molecule has 1 N–H and O–H groups in total. The molecule has 0 bridgehead atoms. The van der Waals surface area contributed by atoms with Crippen LogP contribution in [-0.4, -0.2) is 28.0 Å². The van der Waals surface area contributed by atoms with E-state index < -0.39 is 4.92 Å². The molecule has 27 heavy (non-hydrogen) atoms. The summed E-state index contributed by atoms with van der Waals surface area (Å²) in [4.78, 5) is 20.8. The predicted molar refractivity (Wildman–Crippen MR) is 99.9 cm³/mol. The molecule has 9 nitrogen and oxygen atoms in total. The van der Waals surface area contributed by atoms with Gasteiger partial charge in [0.05, 0.1) is 29.9 Å². The van der Waals surface area contributed by atoms with E-state index in [0.29, 0.717) is 6.54 Å². The molecule has 0 aliphatic carbocycles. The molecule has 0 saturated carbocycles. The van der Waals surface area contributed by atoms with E-state index in [1.165, 1.54) is 6.33 Å². The summed E-state index contributed by atoms with van der Waals surface area (Å²) in [7, 11) is 0. The zero-order valence-corrected chi connectivity index (χ0v) is 14.9. The molecule has 1 aromatic carbocycles. The van der Waals surface area contributed by atoms with E-state index in [4.69, 9.17) is 10.5 Å². The van der Waals surface area contributed by atoms with E-state index >= 15 is 0 Å². The standard InChI is InChI=1S/C18H19N7O2/c1-14-4-6-15(7-5-14)12-21-17-16(25(26)27)18(23-13-22-17)24(10-2-8-19)11-3-9-20/h4-7,13H,2-3,10-12H2,1H3,(H,21,22,23). The Balaban J connectivity index is 2.31. The first-order valence-electron chi connectivity index (χ1n) is 8.34. The highest BCUT2D eigenvalue weighted by Crippen LogP contribution is 2.32. The second-order valence-corrected chi connectivity index (χ2v) is 5.79. The Labute approximate surface area is 157 Å². The maximum atomic E-state index is 11.7. The number of aromatic nitrogens is 2. The van der Waals surface area contributed by atoms with Crippen LogP contribution in [0.2, 0.25) is 0 Å². The highest BCUT2D eigenvalue weighted by Gasteiger charge is 2.26. The minimum Gasteiger partial charge on any atom is -0.360 e. The molecule has 0 aliphatic rings. The third-order valence-electron chi connectivity index (χ3n) is 3.85. The first-order valence-corrected chi connectivity index (χ1v) is 8.34. The molecule has 0 radical (unpaired) electrons. The fraction of sp³-hybridized carbons (Fsp3) is 0.333. The van der Waals surface area contributed by atoms with Gasteiger partial charge in [0.1, 0.15) is 6.33 Å². The Hall–Kier alpha value is -3.72. The van der Waals surface area contributed by atoms with Crippen molar-refractivity contribution in [3.63, 3.8) is 0 Å². The number of nitrogens with zero attached hydrogens (tertiary/aromatic N) is 6. The summed E-state index contributed by atoms with van der Waals surface area (Å²) < 4.78 is 0. The Kier molecular flexibility index (Phi) is 7.03. The fourth-order valence-electron chi connectivity index (χ4n) is 2.48. The van der Waals surface area contributed by atoms with Crippen LogP contribution in [0.5, 0.6) is 0 Å². The third kappa shape index (κ3) is 5.38. The molecular weight excluding hydrogens is 346 g/mol. The van der Waals surface area contributed by atoms with Gasteiger partial charge in [0.2, 0.25) is 11.6 Å². The first-order chi connectivity index (χ1) is 13.1. The van der Waals surface area contributed by atoms with Crippen molar-refractivity contribution in [2.45, 2.75) is 26.3 Å². The molecule has 0 spiro atoms. The Morgan fingerprint density at radius 3 is 2.33 bits per heavy atom. The summed E-state index contributed by atoms with van der Waals surface area (Å²) >= 11 is 0. The lowest BCUT2D eigenvalue weighted by Crippen LogP contribution is -2.27. The summed E-state index contributed by atoms with van der Waals surface area (Å²) in [6.07, 6.45) is 1.57. The summed E-state index contributed by atoms with van der Waals surface area (Å²) in [6, 6.07) is 11.8. The Morgan fingerprint density at radius 1 is 1.15 bits per heavy atom. The maximum absolute atomic E-state index is 11.7. The van der Waals surface area contributed by atoms with Crippen LogP contribution in [0.25, 0.3) is 0 Å². The molecule has 1 heterocycles. The van der Waals surface area contributed by atoms with Gasteiger partial charge in [-0.1, -0.05) is 29.8 Å². The molecule has 0 amide bonds. The molecule has 9 heteroatoms. The lowest BCUT2D eigenvalue weighted by atomic mass is 10.1. The maximum Gasteiger partial charge on any atom is 0.353 e. The number of benzene rings is 1. The minimum absolute atomic E-state index is 0.101. The summed E-state index contributed by atoms with van der Waals surface area (Å²) in [5.74, 6) is 0.205. The lowest BCUT2D eigenvalue weighted by molar-refractivity contribution is -0.383. The topological polar surface area (TPSA) is 132 Å². The Morgan fingerprint density at radius 2 is 1.78 bits per heavy atom. The number of hydrogen-bond acceptors (Lipinski definition) is 8. The Bertz CT molecular complexity index is 851. The van der Waals surface area contributed by atoms with Crippen LogP contribution in [0.3, 0.4) is 0 Å². The first kappa shape index (κ1) is 19.6. The van der Waals surface area contributed by atoms with E-state index in [-0.39, 0.29) is 43.3 Å². The van der Waals surface area contributed by atoms with Crippen LogP contribution in [-0.2, 0) is 6.54 Å². The van der Waals surface area contributed by atoms with Gasteiger partial charge in [0.25, 0.3) is 0 Å². The number of nitriles is 2. The quantitative estimate of drug-likeness (QED) is 0.530. The fourth-order valence-corrected chi connectivity index (χ4v) is 2.48. The third-order valence-corrected chi connectivity index (χ3v) is 3.85. The number of rotatable bonds is 9. The van der Waals surface area contributed by atoms with E-state index in [9.17, 15) is 10.1 Å². The molecular formula is C18H19N7O2. The average molecular weight is 365 g/mol. The van der Waals surface area contributed by atoms with Crippen LogP contribution in [0.15, 0.2) is 30.6 Å². The van der Waals surface area contributed by atoms with Crippen LogP contribution in [0, 0.1) is 39.7 Å². The van der Waals surface area contributed by atoms with Gasteiger partial charge in [0, 0.05) is 19.6 Å². The van der Waals surface area contributed by atoms with Gasteiger partial charge in [0.15, 0.2) is 0 Å². The molecule has 1 aromatic heterocycles. The van der Waals surface area contributed by atoms with Crippen molar-refractivity contribution >= 4 is 17.3 Å². The van der Waals surface area contributed by atoms with Crippen molar-refractivity contribution in [3.05, 3.63) is 51.8 Å². The smallest absolute Gasteiger partial charge is 0.353 e. The number of nitro groups is 1. The van der Waals surface area contributed by atoms with Gasteiger partial charge in [-0.25, -0.2) is 9.97 Å². The van der Waals surface area contributed by atoms with Crippen LogP contribution >= 0.6 is 0 Å². The second-order valence-electron chi connectivity index (χ2n) is 5.79. The minimum atomic E-state index is -0.543. The second kappa shape index (κ2) is 9.68. The SMILES string of the molecule is Cc1ccc(CNc2ncnc(N(CCC#N)CCC#N)c2[N+](=O)[O-])cc1. The monoisotopic (exact) mass is 365 g/mol. The normalized spacial score (nSPS) is 9.89. The van der Waals surface area contributed by atoms with Crippen LogP contribution < -0.4 is 10.2 Å². The van der Waals surface area contributed by atoms with Crippen molar-refractivity contribution in [2.75, 3.05) is 23.3 Å². The zero-order chi connectivity index (χ0) is 19.6. The van der Waals surface area contributed by atoms with Crippen molar-refractivity contribution in [1.29, 1.82) is 10.5 Å². The zero-order valence-electron chi connectivity index (χ0n) is 14.9. The average Bonchev–Trinajstić information content (AvgIpc) is 2.67. The summed E-state index contributed by atoms with van der Waals surface area (Å²) in [5, 5.41) is 32.3. The van der Waals surface area contributed by atoms with Crippen molar-refractivity contribution in [3.8, 4) is 12.1 Å². The number of anilines is 2. The van der Waals surface area contributed by atoms with E-state index in [1.54, 1.807) is 4.90 Å². The largest absolute Gasteiger partial charge is 0.360 e. The molecule has 2 aromatic rings. The van der Waals surface area contributed by atoms with Gasteiger partial charge in [-0.05, 0) is 12.5 Å². The van der Waals surface area contributed by atoms with E-state index in [1.807, 2.05) is 43.3 Å². The number of aryl methyl sites for hydroxylation is 1. The van der Waals surface area contributed by atoms with Gasteiger partial charge < -0.3 is 10.2 Å². The lowest BCUT2D eigenvalue weighted by Gasteiger charge is -2.21. The highest BCUT2D eigenvalue weighted by atomic mass is 16.6. The van der Waals surface area contributed by atoms with Crippen molar-refractivity contribution < 1.29 is 4.92 Å². The molecule has 0 aliphatic heterocycles. The van der Waals surface area contributed by atoms with Crippen LogP contribution in [0.4, 0.5) is 17.3 Å². The van der Waals surface area contributed by atoms with Gasteiger partial charge in [-0.15, -0.1) is 0 Å². The number of hydrogen-bond donors (Lipinski definition) is 1. The summed E-state index contributed by atoms with van der Waals surface area (Å²) in [6.45, 7) is 2.84. The van der Waals surface area contributed by atoms with E-state index in [2.05, 4.69) is 15.3 Å². The molecule has 0 atom stereocenters. The van der Waals surface area contributed by atoms with Gasteiger partial charge >= 0.3 is 5.69 Å². The van der Waals surface area contributed by atoms with E-state index in [0.717, 1.165) is 11.1 Å².